The van der Waals surface area contributed by atoms with Crippen LogP contribution in [0, 0.1) is 10.1 Å². The maximum atomic E-state index is 11.0. The number of halogens is 1. The second-order valence-corrected chi connectivity index (χ2v) is 5.32. The van der Waals surface area contributed by atoms with E-state index in [9.17, 15) is 10.1 Å². The highest BCUT2D eigenvalue weighted by Gasteiger charge is 2.14. The molecule has 0 spiro atoms. The fourth-order valence-corrected chi connectivity index (χ4v) is 2.39. The maximum absolute atomic E-state index is 11.0. The summed E-state index contributed by atoms with van der Waals surface area (Å²) in [5.74, 6) is 0. The van der Waals surface area contributed by atoms with Crippen LogP contribution in [-0.2, 0) is 20.0 Å². The van der Waals surface area contributed by atoms with E-state index in [1.165, 1.54) is 6.07 Å². The minimum atomic E-state index is -0.390. The third-order valence-electron chi connectivity index (χ3n) is 2.95. The van der Waals surface area contributed by atoms with Crippen molar-refractivity contribution in [2.45, 2.75) is 19.9 Å². The molecule has 0 saturated carbocycles. The zero-order valence-electron chi connectivity index (χ0n) is 11.3. The van der Waals surface area contributed by atoms with Crippen LogP contribution in [0.5, 0.6) is 0 Å². The molecule has 0 amide bonds. The van der Waals surface area contributed by atoms with Gasteiger partial charge in [-0.3, -0.25) is 14.8 Å². The summed E-state index contributed by atoms with van der Waals surface area (Å²) < 4.78 is 2.55. The van der Waals surface area contributed by atoms with Gasteiger partial charge in [-0.1, -0.05) is 22.9 Å². The Balaban J connectivity index is 2.22. The monoisotopic (exact) mass is 338 g/mol. The number of rotatable bonds is 5. The Bertz CT molecular complexity index is 639. The van der Waals surface area contributed by atoms with Crippen LogP contribution in [0.25, 0.3) is 0 Å². The molecule has 0 aliphatic carbocycles. The number of hydrogen-bond acceptors (Lipinski definition) is 4. The van der Waals surface area contributed by atoms with Crippen LogP contribution in [-0.4, -0.2) is 14.7 Å². The standard InChI is InChI=1S/C13H15BrN4O2/c1-3-11-9(8-17(2)16-11)7-15-12-6-10(14)4-5-13(12)18(19)20/h4-6,8,15H,3,7H2,1-2H3. The number of hydrogen-bond donors (Lipinski definition) is 1. The highest BCUT2D eigenvalue weighted by molar-refractivity contribution is 9.10. The molecule has 0 aliphatic heterocycles. The van der Waals surface area contributed by atoms with E-state index in [1.807, 2.05) is 20.2 Å². The van der Waals surface area contributed by atoms with Crippen LogP contribution in [0.15, 0.2) is 28.9 Å². The topological polar surface area (TPSA) is 73.0 Å². The molecule has 6 nitrogen and oxygen atoms in total. The van der Waals surface area contributed by atoms with E-state index in [0.717, 1.165) is 22.2 Å². The van der Waals surface area contributed by atoms with Crippen LogP contribution in [0.2, 0.25) is 0 Å². The summed E-state index contributed by atoms with van der Waals surface area (Å²) in [6, 6.07) is 4.85. The second-order valence-electron chi connectivity index (χ2n) is 4.40. The zero-order valence-corrected chi connectivity index (χ0v) is 12.8. The molecule has 0 radical (unpaired) electrons. The molecule has 0 fully saturated rings. The van der Waals surface area contributed by atoms with Crippen LogP contribution >= 0.6 is 15.9 Å². The minimum absolute atomic E-state index is 0.0649. The number of nitrogens with one attached hydrogen (secondary N) is 1. The summed E-state index contributed by atoms with van der Waals surface area (Å²) in [4.78, 5) is 10.6. The Morgan fingerprint density at radius 2 is 2.25 bits per heavy atom. The van der Waals surface area contributed by atoms with Crippen molar-refractivity contribution in [3.63, 3.8) is 0 Å². The molecule has 1 aromatic heterocycles. The molecule has 2 aromatic rings. The first-order valence-corrected chi connectivity index (χ1v) is 6.99. The van der Waals surface area contributed by atoms with Gasteiger partial charge in [0.1, 0.15) is 5.69 Å². The van der Waals surface area contributed by atoms with Gasteiger partial charge in [0.2, 0.25) is 0 Å². The maximum Gasteiger partial charge on any atom is 0.292 e. The lowest BCUT2D eigenvalue weighted by Gasteiger charge is -2.07. The Kier molecular flexibility index (Phi) is 4.39. The molecule has 2 rings (SSSR count). The van der Waals surface area contributed by atoms with Gasteiger partial charge >= 0.3 is 0 Å². The zero-order chi connectivity index (χ0) is 14.7. The molecular formula is C13H15BrN4O2. The van der Waals surface area contributed by atoms with Crippen LogP contribution in [0.3, 0.4) is 0 Å². The van der Waals surface area contributed by atoms with E-state index in [0.29, 0.717) is 12.2 Å². The van der Waals surface area contributed by atoms with Crippen molar-refractivity contribution in [3.8, 4) is 0 Å². The number of nitro benzene ring substituents is 1. The van der Waals surface area contributed by atoms with Crippen LogP contribution in [0.1, 0.15) is 18.2 Å². The third kappa shape index (κ3) is 3.16. The largest absolute Gasteiger partial charge is 0.375 e. The molecule has 0 aliphatic rings. The SMILES string of the molecule is CCc1nn(C)cc1CNc1cc(Br)ccc1[N+](=O)[O-]. The van der Waals surface area contributed by atoms with Gasteiger partial charge < -0.3 is 5.32 Å². The molecule has 106 valence electrons. The van der Waals surface area contributed by atoms with E-state index in [4.69, 9.17) is 0 Å². The summed E-state index contributed by atoms with van der Waals surface area (Å²) in [6.45, 7) is 2.54. The molecule has 7 heteroatoms. The third-order valence-corrected chi connectivity index (χ3v) is 3.44. The predicted molar refractivity (Wildman–Crippen MR) is 80.7 cm³/mol. The number of nitrogens with zero attached hydrogens (tertiary/aromatic N) is 3. The van der Waals surface area contributed by atoms with E-state index >= 15 is 0 Å². The first-order valence-electron chi connectivity index (χ1n) is 6.20. The average molecular weight is 339 g/mol. The van der Waals surface area contributed by atoms with Crippen molar-refractivity contribution >= 4 is 27.3 Å². The number of aryl methyl sites for hydroxylation is 2. The second kappa shape index (κ2) is 6.04. The average Bonchev–Trinajstić information content (AvgIpc) is 2.76. The molecule has 0 saturated heterocycles. The number of anilines is 1. The Morgan fingerprint density at radius 1 is 1.50 bits per heavy atom. The highest BCUT2D eigenvalue weighted by Crippen LogP contribution is 2.28. The Morgan fingerprint density at radius 3 is 2.90 bits per heavy atom. The smallest absolute Gasteiger partial charge is 0.292 e. The summed E-state index contributed by atoms with van der Waals surface area (Å²) in [5, 5.41) is 18.5. The summed E-state index contributed by atoms with van der Waals surface area (Å²) >= 11 is 3.32. The van der Waals surface area contributed by atoms with E-state index in [2.05, 4.69) is 26.3 Å². The van der Waals surface area contributed by atoms with Crippen molar-refractivity contribution in [3.05, 3.63) is 50.2 Å². The van der Waals surface area contributed by atoms with Gasteiger partial charge in [-0.25, -0.2) is 0 Å². The Labute approximate surface area is 125 Å². The molecule has 1 aromatic carbocycles. The quantitative estimate of drug-likeness (QED) is 0.670. The van der Waals surface area contributed by atoms with Gasteiger partial charge in [0.05, 0.1) is 10.6 Å². The first-order chi connectivity index (χ1) is 9.51. The number of nitro groups is 1. The lowest BCUT2D eigenvalue weighted by molar-refractivity contribution is -0.384. The fourth-order valence-electron chi connectivity index (χ4n) is 2.03. The molecule has 0 bridgehead atoms. The van der Waals surface area contributed by atoms with Gasteiger partial charge in [0.25, 0.3) is 5.69 Å². The summed E-state index contributed by atoms with van der Waals surface area (Å²) in [5.41, 5.74) is 2.60. The lowest BCUT2D eigenvalue weighted by atomic mass is 10.2. The van der Waals surface area contributed by atoms with Crippen molar-refractivity contribution in [1.29, 1.82) is 0 Å². The van der Waals surface area contributed by atoms with E-state index in [-0.39, 0.29) is 5.69 Å². The number of aromatic nitrogens is 2. The summed E-state index contributed by atoms with van der Waals surface area (Å²) in [7, 11) is 1.87. The van der Waals surface area contributed by atoms with Gasteiger partial charge in [-0.2, -0.15) is 5.10 Å². The van der Waals surface area contributed by atoms with Crippen molar-refractivity contribution in [2.24, 2.45) is 7.05 Å². The number of benzene rings is 1. The molecule has 0 unspecified atom stereocenters. The first kappa shape index (κ1) is 14.5. The molecule has 20 heavy (non-hydrogen) atoms. The van der Waals surface area contributed by atoms with E-state index < -0.39 is 4.92 Å². The Hall–Kier alpha value is -1.89. The van der Waals surface area contributed by atoms with Crippen molar-refractivity contribution in [1.82, 2.24) is 9.78 Å². The molecule has 0 atom stereocenters. The van der Waals surface area contributed by atoms with Crippen molar-refractivity contribution < 1.29 is 4.92 Å². The highest BCUT2D eigenvalue weighted by atomic mass is 79.9. The summed E-state index contributed by atoms with van der Waals surface area (Å²) in [6.07, 6.45) is 2.76. The van der Waals surface area contributed by atoms with Crippen LogP contribution < -0.4 is 5.32 Å². The normalized spacial score (nSPS) is 10.6. The van der Waals surface area contributed by atoms with Gasteiger partial charge in [0, 0.05) is 35.9 Å². The van der Waals surface area contributed by atoms with Gasteiger partial charge in [0.15, 0.2) is 0 Å². The molecular weight excluding hydrogens is 324 g/mol. The van der Waals surface area contributed by atoms with Gasteiger partial charge in [-0.05, 0) is 18.6 Å². The van der Waals surface area contributed by atoms with E-state index in [1.54, 1.807) is 16.8 Å². The minimum Gasteiger partial charge on any atom is -0.375 e. The molecule has 1 heterocycles. The van der Waals surface area contributed by atoms with Crippen molar-refractivity contribution in [2.75, 3.05) is 5.32 Å². The predicted octanol–water partition coefficient (Wildman–Crippen LogP) is 3.27. The molecule has 1 N–H and O–H groups in total. The lowest BCUT2D eigenvalue weighted by Crippen LogP contribution is -2.03. The van der Waals surface area contributed by atoms with Crippen LogP contribution in [0.4, 0.5) is 11.4 Å². The fraction of sp³-hybridized carbons (Fsp3) is 0.308. The van der Waals surface area contributed by atoms with Gasteiger partial charge in [-0.15, -0.1) is 0 Å².